The molecule has 0 amide bonds. The number of hydrogen-bond donors (Lipinski definition) is 1. The van der Waals surface area contributed by atoms with Crippen LogP contribution in [0.3, 0.4) is 0 Å². The Labute approximate surface area is 110 Å². The van der Waals surface area contributed by atoms with Crippen molar-refractivity contribution in [3.63, 3.8) is 0 Å². The summed E-state index contributed by atoms with van der Waals surface area (Å²) in [5.41, 5.74) is 0. The maximum absolute atomic E-state index is 10.4. The molecule has 2 saturated heterocycles. The maximum Gasteiger partial charge on any atom is 0.303 e. The first-order chi connectivity index (χ1) is 8.75. The van der Waals surface area contributed by atoms with Crippen molar-refractivity contribution in [1.82, 2.24) is 9.80 Å². The van der Waals surface area contributed by atoms with Crippen LogP contribution in [0.15, 0.2) is 0 Å². The third-order valence-corrected chi connectivity index (χ3v) is 4.27. The van der Waals surface area contributed by atoms with Crippen LogP contribution in [0.1, 0.15) is 44.9 Å². The molecule has 0 aliphatic carbocycles. The summed E-state index contributed by atoms with van der Waals surface area (Å²) in [5.74, 6) is -0.662. The summed E-state index contributed by atoms with van der Waals surface area (Å²) in [4.78, 5) is 15.6. The second kappa shape index (κ2) is 7.10. The summed E-state index contributed by atoms with van der Waals surface area (Å²) >= 11 is 0. The molecule has 2 aliphatic heterocycles. The van der Waals surface area contributed by atoms with Crippen molar-refractivity contribution in [3.05, 3.63) is 0 Å². The minimum absolute atomic E-state index is 0.330. The van der Waals surface area contributed by atoms with Crippen molar-refractivity contribution >= 4 is 5.97 Å². The minimum Gasteiger partial charge on any atom is -0.481 e. The molecular formula is C14H26N2O2. The van der Waals surface area contributed by atoms with Gasteiger partial charge < -0.3 is 10.0 Å². The van der Waals surface area contributed by atoms with Crippen molar-refractivity contribution < 1.29 is 9.90 Å². The van der Waals surface area contributed by atoms with E-state index in [1.807, 2.05) is 0 Å². The third kappa shape index (κ3) is 4.25. The Morgan fingerprint density at radius 3 is 2.61 bits per heavy atom. The average Bonchev–Trinajstić information content (AvgIpc) is 2.98. The van der Waals surface area contributed by atoms with Gasteiger partial charge >= 0.3 is 5.97 Å². The molecule has 0 radical (unpaired) electrons. The quantitative estimate of drug-likeness (QED) is 0.704. The first-order valence-electron chi connectivity index (χ1n) is 7.44. The second-order valence-electron chi connectivity index (χ2n) is 5.69. The first kappa shape index (κ1) is 13.8. The summed E-state index contributed by atoms with van der Waals surface area (Å²) in [6, 6.07) is 0.798. The lowest BCUT2D eigenvalue weighted by molar-refractivity contribution is -0.137. The Bertz CT molecular complexity index is 265. The molecule has 0 aromatic rings. The molecule has 0 saturated carbocycles. The van der Waals surface area contributed by atoms with E-state index in [-0.39, 0.29) is 0 Å². The van der Waals surface area contributed by atoms with Gasteiger partial charge in [-0.1, -0.05) is 6.42 Å². The Balaban J connectivity index is 1.54. The van der Waals surface area contributed by atoms with E-state index in [1.54, 1.807) is 0 Å². The van der Waals surface area contributed by atoms with Crippen LogP contribution in [0.25, 0.3) is 0 Å². The SMILES string of the molecule is O=C(O)CCCCCN1CCC(N2CCCC2)C1. The van der Waals surface area contributed by atoms with Gasteiger partial charge in [0.2, 0.25) is 0 Å². The van der Waals surface area contributed by atoms with E-state index >= 15 is 0 Å². The third-order valence-electron chi connectivity index (χ3n) is 4.27. The normalized spacial score (nSPS) is 25.9. The maximum atomic E-state index is 10.4. The van der Waals surface area contributed by atoms with Crippen LogP contribution in [0.2, 0.25) is 0 Å². The molecule has 104 valence electrons. The molecule has 4 heteroatoms. The fraction of sp³-hybridized carbons (Fsp3) is 0.929. The lowest BCUT2D eigenvalue weighted by atomic mass is 10.2. The van der Waals surface area contributed by atoms with E-state index in [4.69, 9.17) is 5.11 Å². The summed E-state index contributed by atoms with van der Waals surface area (Å²) in [5, 5.41) is 8.56. The smallest absolute Gasteiger partial charge is 0.303 e. The van der Waals surface area contributed by atoms with E-state index in [1.165, 1.54) is 45.4 Å². The van der Waals surface area contributed by atoms with Crippen molar-refractivity contribution in [2.75, 3.05) is 32.7 Å². The molecule has 0 aromatic carbocycles. The predicted octanol–water partition coefficient (Wildman–Crippen LogP) is 1.80. The van der Waals surface area contributed by atoms with Gasteiger partial charge in [-0.25, -0.2) is 0 Å². The van der Waals surface area contributed by atoms with Crippen LogP contribution in [-0.4, -0.2) is 59.6 Å². The molecule has 2 heterocycles. The van der Waals surface area contributed by atoms with Crippen LogP contribution >= 0.6 is 0 Å². The topological polar surface area (TPSA) is 43.8 Å². The molecule has 0 aromatic heterocycles. The van der Waals surface area contributed by atoms with E-state index in [0.717, 1.165) is 31.8 Å². The van der Waals surface area contributed by atoms with Gasteiger partial charge in [0.05, 0.1) is 0 Å². The van der Waals surface area contributed by atoms with Gasteiger partial charge in [-0.3, -0.25) is 9.69 Å². The summed E-state index contributed by atoms with van der Waals surface area (Å²) in [7, 11) is 0. The number of likely N-dealkylation sites (tertiary alicyclic amines) is 2. The number of carboxylic acids is 1. The first-order valence-corrected chi connectivity index (χ1v) is 7.44. The van der Waals surface area contributed by atoms with E-state index in [2.05, 4.69) is 9.80 Å². The summed E-state index contributed by atoms with van der Waals surface area (Å²) < 4.78 is 0. The molecule has 0 spiro atoms. The number of carboxylic acid groups (broad SMARTS) is 1. The molecule has 1 unspecified atom stereocenters. The van der Waals surface area contributed by atoms with Gasteiger partial charge in [0.15, 0.2) is 0 Å². The monoisotopic (exact) mass is 254 g/mol. The number of carbonyl (C=O) groups is 1. The van der Waals surface area contributed by atoms with Crippen LogP contribution in [-0.2, 0) is 4.79 Å². The highest BCUT2D eigenvalue weighted by atomic mass is 16.4. The molecule has 0 bridgehead atoms. The van der Waals surface area contributed by atoms with Gasteiger partial charge in [-0.2, -0.15) is 0 Å². The fourth-order valence-electron chi connectivity index (χ4n) is 3.21. The van der Waals surface area contributed by atoms with Crippen molar-refractivity contribution in [2.24, 2.45) is 0 Å². The van der Waals surface area contributed by atoms with Gasteiger partial charge in [0.25, 0.3) is 0 Å². The summed E-state index contributed by atoms with van der Waals surface area (Å²) in [6.07, 6.45) is 7.46. The van der Waals surface area contributed by atoms with Crippen LogP contribution in [0.4, 0.5) is 0 Å². The highest BCUT2D eigenvalue weighted by molar-refractivity contribution is 5.66. The number of hydrogen-bond acceptors (Lipinski definition) is 3. The highest BCUT2D eigenvalue weighted by Crippen LogP contribution is 2.20. The number of rotatable bonds is 7. The van der Waals surface area contributed by atoms with Gasteiger partial charge in [-0.15, -0.1) is 0 Å². The highest BCUT2D eigenvalue weighted by Gasteiger charge is 2.28. The molecule has 2 aliphatic rings. The van der Waals surface area contributed by atoms with Crippen LogP contribution in [0.5, 0.6) is 0 Å². The number of aliphatic carboxylic acids is 1. The van der Waals surface area contributed by atoms with Crippen molar-refractivity contribution in [1.29, 1.82) is 0 Å². The zero-order chi connectivity index (χ0) is 12.8. The van der Waals surface area contributed by atoms with Crippen molar-refractivity contribution in [3.8, 4) is 0 Å². The zero-order valence-electron chi connectivity index (χ0n) is 11.3. The minimum atomic E-state index is -0.662. The van der Waals surface area contributed by atoms with E-state index in [9.17, 15) is 4.79 Å². The molecule has 1 N–H and O–H groups in total. The van der Waals surface area contributed by atoms with E-state index in [0.29, 0.717) is 6.42 Å². The largest absolute Gasteiger partial charge is 0.481 e. The number of unbranched alkanes of at least 4 members (excludes halogenated alkanes) is 2. The molecular weight excluding hydrogens is 228 g/mol. The lowest BCUT2D eigenvalue weighted by Crippen LogP contribution is -2.35. The molecule has 1 atom stereocenters. The zero-order valence-corrected chi connectivity index (χ0v) is 11.3. The Hall–Kier alpha value is -0.610. The standard InChI is InChI=1S/C14H26N2O2/c17-14(18)6-2-1-3-8-15-11-7-13(12-15)16-9-4-5-10-16/h13H,1-12H2,(H,17,18). The lowest BCUT2D eigenvalue weighted by Gasteiger charge is -2.23. The van der Waals surface area contributed by atoms with Crippen LogP contribution < -0.4 is 0 Å². The Kier molecular flexibility index (Phi) is 5.45. The van der Waals surface area contributed by atoms with Gasteiger partial charge in [0, 0.05) is 19.0 Å². The van der Waals surface area contributed by atoms with Crippen LogP contribution in [0, 0.1) is 0 Å². The van der Waals surface area contributed by atoms with E-state index < -0.39 is 5.97 Å². The Morgan fingerprint density at radius 1 is 1.11 bits per heavy atom. The molecule has 2 fully saturated rings. The molecule has 18 heavy (non-hydrogen) atoms. The summed E-state index contributed by atoms with van der Waals surface area (Å²) in [6.45, 7) is 6.23. The Morgan fingerprint density at radius 2 is 1.89 bits per heavy atom. The van der Waals surface area contributed by atoms with Gasteiger partial charge in [-0.05, 0) is 58.3 Å². The fourth-order valence-corrected chi connectivity index (χ4v) is 3.21. The molecule has 4 nitrogen and oxygen atoms in total. The second-order valence-corrected chi connectivity index (χ2v) is 5.69. The van der Waals surface area contributed by atoms with Crippen molar-refractivity contribution in [2.45, 2.75) is 51.0 Å². The average molecular weight is 254 g/mol. The molecule has 2 rings (SSSR count). The number of nitrogens with zero attached hydrogens (tertiary/aromatic N) is 2. The predicted molar refractivity (Wildman–Crippen MR) is 71.8 cm³/mol. The van der Waals surface area contributed by atoms with Gasteiger partial charge in [0.1, 0.15) is 0 Å².